The Morgan fingerprint density at radius 3 is 2.65 bits per heavy atom. The molecule has 0 aliphatic heterocycles. The van der Waals surface area contributed by atoms with E-state index in [1.165, 1.54) is 28.1 Å². The predicted molar refractivity (Wildman–Crippen MR) is 85.5 cm³/mol. The minimum atomic E-state index is 0.139. The number of benzene rings is 2. The van der Waals surface area contributed by atoms with Crippen LogP contribution in [0.25, 0.3) is 32.8 Å². The van der Waals surface area contributed by atoms with E-state index in [1.54, 1.807) is 0 Å². The maximum Gasteiger partial charge on any atom is 0.112 e. The van der Waals surface area contributed by atoms with Gasteiger partial charge in [-0.1, -0.05) is 26.8 Å². The molecular weight excluding hydrogens is 266 g/mol. The van der Waals surface area contributed by atoms with Crippen LogP contribution in [0, 0.1) is 0 Å². The van der Waals surface area contributed by atoms with E-state index in [0.717, 1.165) is 22.1 Å². The zero-order chi connectivity index (χ0) is 13.9. The summed E-state index contributed by atoms with van der Waals surface area (Å²) in [6, 6.07) is 10.7. The van der Waals surface area contributed by atoms with Crippen molar-refractivity contribution in [3.05, 3.63) is 35.9 Å². The summed E-state index contributed by atoms with van der Waals surface area (Å²) in [5, 5.41) is 2.37. The van der Waals surface area contributed by atoms with E-state index in [2.05, 4.69) is 59.9 Å². The SMILES string of the molecule is CC(C)(C)c1ccc2nc3ccc4[nH]snc4c3c2c1. The van der Waals surface area contributed by atoms with Gasteiger partial charge in [0.15, 0.2) is 0 Å². The number of hydrogen-bond acceptors (Lipinski definition) is 3. The molecule has 100 valence electrons. The van der Waals surface area contributed by atoms with Crippen molar-refractivity contribution in [3.63, 3.8) is 0 Å². The summed E-state index contributed by atoms with van der Waals surface area (Å²) in [4.78, 5) is 4.72. The highest BCUT2D eigenvalue weighted by molar-refractivity contribution is 7.00. The van der Waals surface area contributed by atoms with Crippen molar-refractivity contribution in [2.45, 2.75) is 26.2 Å². The molecule has 2 heterocycles. The Bertz CT molecular complexity index is 941. The summed E-state index contributed by atoms with van der Waals surface area (Å²) in [5.41, 5.74) is 5.65. The lowest BCUT2D eigenvalue weighted by atomic mass is 9.86. The molecule has 0 atom stereocenters. The second-order valence-electron chi connectivity index (χ2n) is 6.23. The van der Waals surface area contributed by atoms with Gasteiger partial charge in [-0.3, -0.25) is 4.37 Å². The quantitative estimate of drug-likeness (QED) is 0.511. The van der Waals surface area contributed by atoms with Crippen LogP contribution in [0.1, 0.15) is 26.3 Å². The normalized spacial score (nSPS) is 12.8. The smallest absolute Gasteiger partial charge is 0.112 e. The van der Waals surface area contributed by atoms with Gasteiger partial charge in [0.1, 0.15) is 5.52 Å². The Balaban J connectivity index is 2.19. The number of nitrogens with zero attached hydrogens (tertiary/aromatic N) is 2. The molecule has 2 aromatic carbocycles. The molecule has 4 rings (SSSR count). The first-order valence-electron chi connectivity index (χ1n) is 6.71. The average molecular weight is 281 g/mol. The van der Waals surface area contributed by atoms with Crippen molar-refractivity contribution in [2.24, 2.45) is 0 Å². The van der Waals surface area contributed by atoms with Crippen molar-refractivity contribution in [3.8, 4) is 0 Å². The van der Waals surface area contributed by atoms with E-state index in [1.807, 2.05) is 0 Å². The van der Waals surface area contributed by atoms with E-state index >= 15 is 0 Å². The van der Waals surface area contributed by atoms with Gasteiger partial charge >= 0.3 is 0 Å². The van der Waals surface area contributed by atoms with Crippen LogP contribution in [0.4, 0.5) is 0 Å². The zero-order valence-electron chi connectivity index (χ0n) is 11.7. The largest absolute Gasteiger partial charge is 0.293 e. The molecule has 0 spiro atoms. The van der Waals surface area contributed by atoms with Crippen LogP contribution in [-0.2, 0) is 5.41 Å². The fraction of sp³-hybridized carbons (Fsp3) is 0.250. The summed E-state index contributed by atoms with van der Waals surface area (Å²) < 4.78 is 7.72. The molecule has 1 N–H and O–H groups in total. The Hall–Kier alpha value is -1.94. The van der Waals surface area contributed by atoms with E-state index < -0.39 is 0 Å². The first-order valence-corrected chi connectivity index (χ1v) is 7.48. The van der Waals surface area contributed by atoms with Crippen LogP contribution in [-0.4, -0.2) is 13.7 Å². The third-order valence-corrected chi connectivity index (χ3v) is 4.41. The molecule has 0 aliphatic rings. The summed E-state index contributed by atoms with van der Waals surface area (Å²) in [6.45, 7) is 6.71. The number of nitrogens with one attached hydrogen (secondary N) is 1. The van der Waals surface area contributed by atoms with Gasteiger partial charge in [0.25, 0.3) is 0 Å². The van der Waals surface area contributed by atoms with E-state index in [0.29, 0.717) is 0 Å². The third kappa shape index (κ3) is 1.58. The predicted octanol–water partition coefficient (Wildman–Crippen LogP) is 4.62. The van der Waals surface area contributed by atoms with Gasteiger partial charge < -0.3 is 0 Å². The third-order valence-electron chi connectivity index (χ3n) is 3.82. The highest BCUT2D eigenvalue weighted by Crippen LogP contribution is 2.34. The highest BCUT2D eigenvalue weighted by atomic mass is 32.1. The van der Waals surface area contributed by atoms with Crippen molar-refractivity contribution < 1.29 is 0 Å². The minimum Gasteiger partial charge on any atom is -0.293 e. The molecule has 3 nitrogen and oxygen atoms in total. The van der Waals surface area contributed by atoms with E-state index in [9.17, 15) is 0 Å². The number of fused-ring (bicyclic) bond motifs is 5. The molecule has 0 saturated heterocycles. The first-order chi connectivity index (χ1) is 9.54. The summed E-state index contributed by atoms with van der Waals surface area (Å²) in [6.07, 6.45) is 0. The summed E-state index contributed by atoms with van der Waals surface area (Å²) >= 11 is 1.39. The first kappa shape index (κ1) is 11.9. The molecule has 20 heavy (non-hydrogen) atoms. The Labute approximate surface area is 121 Å². The molecule has 0 radical (unpaired) electrons. The lowest BCUT2D eigenvalue weighted by Gasteiger charge is -2.18. The standard InChI is InChI=1S/C16H15N3S/c1-16(2,3)9-4-5-11-10(8-9)14-12(17-11)6-7-13-15(14)19-20-18-13/h4-8,18H,1-3H3. The van der Waals surface area contributed by atoms with E-state index in [-0.39, 0.29) is 5.41 Å². The van der Waals surface area contributed by atoms with Gasteiger partial charge in [-0.2, -0.15) is 4.37 Å². The Morgan fingerprint density at radius 1 is 1.05 bits per heavy atom. The lowest BCUT2D eigenvalue weighted by molar-refractivity contribution is 0.591. The highest BCUT2D eigenvalue weighted by Gasteiger charge is 2.17. The molecule has 0 amide bonds. The molecule has 0 unspecified atom stereocenters. The van der Waals surface area contributed by atoms with Crippen molar-refractivity contribution in [1.29, 1.82) is 0 Å². The van der Waals surface area contributed by atoms with Gasteiger partial charge in [-0.05, 0) is 35.2 Å². The van der Waals surface area contributed by atoms with Crippen LogP contribution in [0.2, 0.25) is 0 Å². The van der Waals surface area contributed by atoms with E-state index in [4.69, 9.17) is 4.98 Å². The van der Waals surface area contributed by atoms with Crippen LogP contribution in [0.15, 0.2) is 30.3 Å². The summed E-state index contributed by atoms with van der Waals surface area (Å²) in [5.74, 6) is 0. The fourth-order valence-corrected chi connectivity index (χ4v) is 3.25. The number of aromatic amines is 1. The molecule has 0 saturated carbocycles. The summed E-state index contributed by atoms with van der Waals surface area (Å²) in [7, 11) is 0. The monoisotopic (exact) mass is 281 g/mol. The fourth-order valence-electron chi connectivity index (χ4n) is 2.66. The molecule has 0 bridgehead atoms. The molecule has 2 aromatic heterocycles. The van der Waals surface area contributed by atoms with Crippen molar-refractivity contribution >= 4 is 44.6 Å². The number of H-pyrrole nitrogens is 1. The average Bonchev–Trinajstić information content (AvgIpc) is 2.99. The molecular formula is C16H15N3S. The van der Waals surface area contributed by atoms with Crippen LogP contribution in [0.3, 0.4) is 0 Å². The maximum absolute atomic E-state index is 4.72. The minimum absolute atomic E-state index is 0.139. The van der Waals surface area contributed by atoms with Gasteiger partial charge in [0.2, 0.25) is 0 Å². The lowest BCUT2D eigenvalue weighted by Crippen LogP contribution is -2.10. The Kier molecular flexibility index (Phi) is 2.25. The Morgan fingerprint density at radius 2 is 1.85 bits per heavy atom. The number of aromatic nitrogens is 3. The molecule has 4 aromatic rings. The van der Waals surface area contributed by atoms with Gasteiger partial charge in [0, 0.05) is 22.5 Å². The second kappa shape index (κ2) is 3.79. The second-order valence-corrected chi connectivity index (χ2v) is 6.80. The zero-order valence-corrected chi connectivity index (χ0v) is 12.5. The van der Waals surface area contributed by atoms with Crippen LogP contribution < -0.4 is 0 Å². The van der Waals surface area contributed by atoms with Gasteiger partial charge in [0.05, 0.1) is 16.6 Å². The molecule has 4 heteroatoms. The topological polar surface area (TPSA) is 41.6 Å². The van der Waals surface area contributed by atoms with Crippen molar-refractivity contribution in [1.82, 2.24) is 13.7 Å². The molecule has 0 aliphatic carbocycles. The number of hydrogen-bond donors (Lipinski definition) is 1. The van der Waals surface area contributed by atoms with Crippen LogP contribution >= 0.6 is 11.7 Å². The molecule has 0 fully saturated rings. The van der Waals surface area contributed by atoms with Gasteiger partial charge in [-0.25, -0.2) is 4.98 Å². The maximum atomic E-state index is 4.72. The van der Waals surface area contributed by atoms with Gasteiger partial charge in [-0.15, -0.1) is 0 Å². The number of rotatable bonds is 0. The van der Waals surface area contributed by atoms with Crippen molar-refractivity contribution in [2.75, 3.05) is 0 Å². The van der Waals surface area contributed by atoms with Crippen LogP contribution in [0.5, 0.6) is 0 Å².